The molecule has 0 spiro atoms. The molecule has 3 nitrogen and oxygen atoms in total. The van der Waals surface area contributed by atoms with Crippen LogP contribution in [0.25, 0.3) is 5.65 Å². The zero-order chi connectivity index (χ0) is 10.1. The van der Waals surface area contributed by atoms with Crippen LogP contribution in [0.5, 0.6) is 0 Å². The fourth-order valence-electron chi connectivity index (χ4n) is 1.41. The van der Waals surface area contributed by atoms with E-state index in [0.29, 0.717) is 5.92 Å². The topological polar surface area (TPSA) is 30.2 Å². The van der Waals surface area contributed by atoms with Crippen molar-refractivity contribution in [2.75, 3.05) is 0 Å². The van der Waals surface area contributed by atoms with Crippen molar-refractivity contribution in [3.05, 3.63) is 29.7 Å². The monoisotopic (exact) mass is 189 g/mol. The Morgan fingerprint density at radius 3 is 2.86 bits per heavy atom. The number of nitrogens with zero attached hydrogens (tertiary/aromatic N) is 3. The van der Waals surface area contributed by atoms with Crippen molar-refractivity contribution in [2.24, 2.45) is 0 Å². The highest BCUT2D eigenvalue weighted by molar-refractivity contribution is 5.39. The summed E-state index contributed by atoms with van der Waals surface area (Å²) in [5, 5.41) is 4.43. The molecule has 2 heterocycles. The van der Waals surface area contributed by atoms with Gasteiger partial charge in [0, 0.05) is 18.5 Å². The van der Waals surface area contributed by atoms with E-state index >= 15 is 0 Å². The van der Waals surface area contributed by atoms with Gasteiger partial charge in [0.1, 0.15) is 0 Å². The van der Waals surface area contributed by atoms with Gasteiger partial charge in [-0.1, -0.05) is 20.8 Å². The fourth-order valence-corrected chi connectivity index (χ4v) is 1.41. The maximum atomic E-state index is 4.43. The van der Waals surface area contributed by atoms with Crippen LogP contribution in [-0.4, -0.2) is 14.6 Å². The van der Waals surface area contributed by atoms with Gasteiger partial charge in [-0.3, -0.25) is 0 Å². The number of fused-ring (bicyclic) bond motifs is 1. The van der Waals surface area contributed by atoms with Gasteiger partial charge < -0.3 is 0 Å². The number of rotatable bonds is 2. The predicted octanol–water partition coefficient (Wildman–Crippen LogP) is 2.42. The van der Waals surface area contributed by atoms with Gasteiger partial charge in [0.2, 0.25) is 0 Å². The Morgan fingerprint density at radius 1 is 1.43 bits per heavy atom. The zero-order valence-corrected chi connectivity index (χ0v) is 8.86. The van der Waals surface area contributed by atoms with Crippen LogP contribution in [0.1, 0.15) is 37.9 Å². The normalized spacial score (nSPS) is 11.4. The minimum atomic E-state index is 0.501. The molecule has 0 atom stereocenters. The summed E-state index contributed by atoms with van der Waals surface area (Å²) in [5.74, 6) is 0.501. The van der Waals surface area contributed by atoms with Crippen molar-refractivity contribution < 1.29 is 0 Å². The van der Waals surface area contributed by atoms with E-state index in [1.54, 1.807) is 0 Å². The van der Waals surface area contributed by atoms with Crippen LogP contribution in [0.4, 0.5) is 0 Å². The van der Waals surface area contributed by atoms with Crippen molar-refractivity contribution in [1.82, 2.24) is 14.6 Å². The van der Waals surface area contributed by atoms with E-state index in [1.165, 1.54) is 5.56 Å². The zero-order valence-electron chi connectivity index (χ0n) is 8.86. The second-order valence-electron chi connectivity index (χ2n) is 3.83. The number of hydrogen-bond donors (Lipinski definition) is 0. The van der Waals surface area contributed by atoms with Gasteiger partial charge in [0.25, 0.3) is 0 Å². The summed E-state index contributed by atoms with van der Waals surface area (Å²) in [4.78, 5) is 4.37. The van der Waals surface area contributed by atoms with Crippen LogP contribution >= 0.6 is 0 Å². The van der Waals surface area contributed by atoms with Gasteiger partial charge in [-0.05, 0) is 17.9 Å². The molecule has 0 unspecified atom stereocenters. The third-order valence-electron chi connectivity index (χ3n) is 2.41. The van der Waals surface area contributed by atoms with Gasteiger partial charge in [0.05, 0.1) is 5.69 Å². The lowest BCUT2D eigenvalue weighted by atomic mass is 10.1. The molecule has 0 radical (unpaired) electrons. The largest absolute Gasteiger partial charge is 0.237 e. The van der Waals surface area contributed by atoms with Crippen LogP contribution in [0.2, 0.25) is 0 Å². The van der Waals surface area contributed by atoms with Crippen molar-refractivity contribution >= 4 is 5.65 Å². The third-order valence-corrected chi connectivity index (χ3v) is 2.41. The third kappa shape index (κ3) is 1.50. The van der Waals surface area contributed by atoms with Crippen LogP contribution in [0, 0.1) is 0 Å². The highest BCUT2D eigenvalue weighted by atomic mass is 15.2. The second kappa shape index (κ2) is 3.40. The van der Waals surface area contributed by atoms with Crippen LogP contribution < -0.4 is 0 Å². The molecule has 0 N–H and O–H groups in total. The van der Waals surface area contributed by atoms with Crippen molar-refractivity contribution in [3.63, 3.8) is 0 Å². The van der Waals surface area contributed by atoms with Crippen molar-refractivity contribution in [2.45, 2.75) is 33.1 Å². The number of aromatic nitrogens is 3. The Balaban J connectivity index is 2.54. The first kappa shape index (κ1) is 9.19. The lowest BCUT2D eigenvalue weighted by Crippen LogP contribution is -1.96. The molecule has 0 fully saturated rings. The van der Waals surface area contributed by atoms with E-state index < -0.39 is 0 Å². The maximum Gasteiger partial charge on any atom is 0.155 e. The summed E-state index contributed by atoms with van der Waals surface area (Å²) in [5.41, 5.74) is 3.26. The minimum Gasteiger partial charge on any atom is -0.237 e. The van der Waals surface area contributed by atoms with Crippen LogP contribution in [-0.2, 0) is 6.42 Å². The average Bonchev–Trinajstić information content (AvgIpc) is 2.58. The molecule has 0 bridgehead atoms. The molecule has 0 aliphatic carbocycles. The quantitative estimate of drug-likeness (QED) is 0.726. The molecule has 0 saturated heterocycles. The van der Waals surface area contributed by atoms with E-state index in [1.807, 2.05) is 16.8 Å². The number of hydrogen-bond acceptors (Lipinski definition) is 2. The summed E-state index contributed by atoms with van der Waals surface area (Å²) in [6.45, 7) is 6.42. The van der Waals surface area contributed by atoms with Crippen molar-refractivity contribution in [1.29, 1.82) is 0 Å². The Bertz CT molecular complexity index is 443. The highest BCUT2D eigenvalue weighted by Crippen LogP contribution is 2.13. The molecule has 0 aliphatic rings. The minimum absolute atomic E-state index is 0.501. The molecule has 14 heavy (non-hydrogen) atoms. The molecule has 0 aliphatic heterocycles. The lowest BCUT2D eigenvalue weighted by molar-refractivity contribution is 0.812. The lowest BCUT2D eigenvalue weighted by Gasteiger charge is -2.03. The molecule has 2 aromatic heterocycles. The molecular formula is C11H15N3. The molecule has 2 aromatic rings. The molecule has 74 valence electrons. The first-order valence-electron chi connectivity index (χ1n) is 5.05. The highest BCUT2D eigenvalue weighted by Gasteiger charge is 2.04. The predicted molar refractivity (Wildman–Crippen MR) is 56.5 cm³/mol. The Morgan fingerprint density at radius 2 is 2.21 bits per heavy atom. The molecule has 0 amide bonds. The molecular weight excluding hydrogens is 174 g/mol. The van der Waals surface area contributed by atoms with Gasteiger partial charge in [-0.25, -0.2) is 9.50 Å². The van der Waals surface area contributed by atoms with E-state index in [9.17, 15) is 0 Å². The molecule has 0 saturated carbocycles. The first-order valence-corrected chi connectivity index (χ1v) is 5.05. The first-order chi connectivity index (χ1) is 6.70. The summed E-state index contributed by atoms with van der Waals surface area (Å²) >= 11 is 0. The van der Waals surface area contributed by atoms with E-state index in [2.05, 4.69) is 37.1 Å². The molecule has 3 heteroatoms. The van der Waals surface area contributed by atoms with Gasteiger partial charge in [0.15, 0.2) is 5.65 Å². The van der Waals surface area contributed by atoms with E-state index in [4.69, 9.17) is 0 Å². The summed E-state index contributed by atoms with van der Waals surface area (Å²) in [6.07, 6.45) is 4.95. The van der Waals surface area contributed by atoms with Gasteiger partial charge >= 0.3 is 0 Å². The second-order valence-corrected chi connectivity index (χ2v) is 3.83. The summed E-state index contributed by atoms with van der Waals surface area (Å²) in [7, 11) is 0. The number of aryl methyl sites for hydroxylation is 1. The van der Waals surface area contributed by atoms with E-state index in [-0.39, 0.29) is 0 Å². The van der Waals surface area contributed by atoms with Gasteiger partial charge in [-0.2, -0.15) is 5.10 Å². The van der Waals surface area contributed by atoms with Crippen molar-refractivity contribution in [3.8, 4) is 0 Å². The van der Waals surface area contributed by atoms with Crippen LogP contribution in [0.15, 0.2) is 18.5 Å². The molecule has 2 rings (SSSR count). The molecule has 0 aromatic carbocycles. The van der Waals surface area contributed by atoms with E-state index in [0.717, 1.165) is 17.8 Å². The maximum absolute atomic E-state index is 4.43. The SMILES string of the molecule is CCc1cc2ncc(C(C)C)cn2n1. The van der Waals surface area contributed by atoms with Gasteiger partial charge in [-0.15, -0.1) is 0 Å². The Labute approximate surface area is 83.8 Å². The Kier molecular flexibility index (Phi) is 2.23. The standard InChI is InChI=1S/C11H15N3/c1-4-10-5-11-12-6-9(8(2)3)7-14(11)13-10/h5-8H,4H2,1-3H3. The fraction of sp³-hybridized carbons (Fsp3) is 0.455. The summed E-state index contributed by atoms with van der Waals surface area (Å²) < 4.78 is 1.87. The Hall–Kier alpha value is -1.38. The van der Waals surface area contributed by atoms with Crippen LogP contribution in [0.3, 0.4) is 0 Å². The average molecular weight is 189 g/mol. The summed E-state index contributed by atoms with van der Waals surface area (Å²) in [6, 6.07) is 2.03. The smallest absolute Gasteiger partial charge is 0.155 e.